The first-order valence-electron chi connectivity index (χ1n) is 12.7. The van der Waals surface area contributed by atoms with Crippen molar-refractivity contribution in [1.82, 2.24) is 9.62 Å². The number of aliphatic imine (C=N–C) groups is 1. The van der Waals surface area contributed by atoms with Crippen molar-refractivity contribution in [3.63, 3.8) is 0 Å². The molecule has 1 aliphatic carbocycles. The summed E-state index contributed by atoms with van der Waals surface area (Å²) in [5.74, 6) is 1.43. The van der Waals surface area contributed by atoms with E-state index in [1.807, 2.05) is 6.92 Å². The average Bonchev–Trinajstić information content (AvgIpc) is 3.18. The number of sulfonamides is 1. The van der Waals surface area contributed by atoms with E-state index < -0.39 is 21.5 Å². The van der Waals surface area contributed by atoms with Gasteiger partial charge in [-0.1, -0.05) is 19.4 Å². The molecule has 35 heavy (non-hydrogen) atoms. The predicted octanol–water partition coefficient (Wildman–Crippen LogP) is 3.23. The molecule has 1 saturated heterocycles. The van der Waals surface area contributed by atoms with E-state index in [-0.39, 0.29) is 11.7 Å². The first kappa shape index (κ1) is 25.8. The summed E-state index contributed by atoms with van der Waals surface area (Å²) < 4.78 is 32.4. The van der Waals surface area contributed by atoms with Crippen LogP contribution in [0.4, 0.5) is 0 Å². The van der Waals surface area contributed by atoms with E-state index in [2.05, 4.69) is 12.2 Å². The molecule has 1 amide bonds. The predicted molar refractivity (Wildman–Crippen MR) is 135 cm³/mol. The van der Waals surface area contributed by atoms with Gasteiger partial charge in [0.05, 0.1) is 18.4 Å². The fraction of sp³-hybridized carbons (Fsp3) is 0.654. The van der Waals surface area contributed by atoms with E-state index >= 15 is 0 Å². The number of ether oxygens (including phenoxy) is 1. The highest BCUT2D eigenvalue weighted by Gasteiger charge is 2.48. The molecule has 9 heteroatoms. The molecule has 2 heterocycles. The van der Waals surface area contributed by atoms with E-state index in [4.69, 9.17) is 9.73 Å². The molecule has 0 aromatic heterocycles. The molecule has 1 aromatic rings. The Hall–Kier alpha value is -2.26. The second-order valence-electron chi connectivity index (χ2n) is 10.2. The molecule has 192 valence electrons. The minimum atomic E-state index is -3.47. The normalized spacial score (nSPS) is 24.8. The van der Waals surface area contributed by atoms with Crippen LogP contribution < -0.4 is 5.32 Å². The number of hydrogen-bond acceptors (Lipinski definition) is 6. The zero-order valence-electron chi connectivity index (χ0n) is 21.0. The summed E-state index contributed by atoms with van der Waals surface area (Å²) in [6.45, 7) is 4.70. The van der Waals surface area contributed by atoms with E-state index in [9.17, 15) is 18.0 Å². The van der Waals surface area contributed by atoms with Crippen LogP contribution in [-0.4, -0.2) is 61.9 Å². The van der Waals surface area contributed by atoms with Crippen molar-refractivity contribution in [3.05, 3.63) is 34.9 Å². The number of benzene rings is 1. The molecule has 0 radical (unpaired) electrons. The molecule has 8 nitrogen and oxygen atoms in total. The Bertz CT molecular complexity index is 1100. The van der Waals surface area contributed by atoms with Gasteiger partial charge in [0.2, 0.25) is 10.0 Å². The fourth-order valence-corrected chi connectivity index (χ4v) is 7.12. The topological polar surface area (TPSA) is 105 Å². The van der Waals surface area contributed by atoms with Crippen LogP contribution in [0.25, 0.3) is 0 Å². The van der Waals surface area contributed by atoms with Crippen molar-refractivity contribution >= 4 is 27.7 Å². The van der Waals surface area contributed by atoms with Gasteiger partial charge in [0.15, 0.2) is 0 Å². The lowest BCUT2D eigenvalue weighted by Crippen LogP contribution is -2.51. The molecule has 1 saturated carbocycles. The largest absolute Gasteiger partial charge is 0.465 e. The van der Waals surface area contributed by atoms with Gasteiger partial charge in [0.25, 0.3) is 5.91 Å². The number of nitrogens with zero attached hydrogens (tertiary/aromatic N) is 2. The molecule has 1 N–H and O–H groups in total. The van der Waals surface area contributed by atoms with Crippen LogP contribution in [0.1, 0.15) is 73.4 Å². The SMILES string of the molecule is CCC1CCC(C2=NC3(CCN(S(=O)(=O)CCc4ccc(C(=O)OC)cc4C)CC3)C(=O)N2)CC1. The second kappa shape index (κ2) is 10.4. The Morgan fingerprint density at radius 1 is 1.20 bits per heavy atom. The zero-order chi connectivity index (χ0) is 25.2. The molecule has 1 spiro atoms. The number of rotatable bonds is 7. The number of piperidine rings is 1. The molecule has 0 unspecified atom stereocenters. The molecule has 1 aromatic carbocycles. The van der Waals surface area contributed by atoms with Gasteiger partial charge in [0.1, 0.15) is 11.4 Å². The highest BCUT2D eigenvalue weighted by Crippen LogP contribution is 2.36. The van der Waals surface area contributed by atoms with E-state index in [0.717, 1.165) is 35.7 Å². The Morgan fingerprint density at radius 2 is 1.89 bits per heavy atom. The number of carbonyl (C=O) groups is 2. The quantitative estimate of drug-likeness (QED) is 0.575. The number of amides is 1. The molecule has 3 aliphatic rings. The molecule has 0 atom stereocenters. The highest BCUT2D eigenvalue weighted by molar-refractivity contribution is 7.89. The number of amidine groups is 1. The Kier molecular flexibility index (Phi) is 7.66. The van der Waals surface area contributed by atoms with Crippen molar-refractivity contribution in [3.8, 4) is 0 Å². The summed E-state index contributed by atoms with van der Waals surface area (Å²) in [7, 11) is -2.14. The first-order chi connectivity index (χ1) is 16.7. The van der Waals surface area contributed by atoms with E-state index in [1.165, 1.54) is 30.7 Å². The lowest BCUT2D eigenvalue weighted by atomic mass is 9.80. The van der Waals surface area contributed by atoms with Crippen molar-refractivity contribution in [1.29, 1.82) is 0 Å². The summed E-state index contributed by atoms with van der Waals surface area (Å²) in [5.41, 5.74) is 1.38. The lowest BCUT2D eigenvalue weighted by Gasteiger charge is -2.34. The summed E-state index contributed by atoms with van der Waals surface area (Å²) in [5, 5.41) is 3.05. The van der Waals surface area contributed by atoms with Crippen LogP contribution in [0.15, 0.2) is 23.2 Å². The van der Waals surface area contributed by atoms with Crippen LogP contribution in [0.2, 0.25) is 0 Å². The molecular formula is C26H37N3O5S. The summed E-state index contributed by atoms with van der Waals surface area (Å²) in [6, 6.07) is 5.17. The van der Waals surface area contributed by atoms with Crippen molar-refractivity contribution in [2.75, 3.05) is 26.0 Å². The van der Waals surface area contributed by atoms with E-state index in [1.54, 1.807) is 18.2 Å². The van der Waals surface area contributed by atoms with Crippen LogP contribution in [0.3, 0.4) is 0 Å². The fourth-order valence-electron chi connectivity index (χ4n) is 5.64. The monoisotopic (exact) mass is 503 g/mol. The lowest BCUT2D eigenvalue weighted by molar-refractivity contribution is -0.125. The van der Waals surface area contributed by atoms with Gasteiger partial charge in [-0.25, -0.2) is 17.5 Å². The molecule has 2 fully saturated rings. The number of nitrogens with one attached hydrogen (secondary N) is 1. The van der Waals surface area contributed by atoms with Crippen LogP contribution in [0.5, 0.6) is 0 Å². The van der Waals surface area contributed by atoms with Gasteiger partial charge in [0, 0.05) is 19.0 Å². The van der Waals surface area contributed by atoms with Gasteiger partial charge in [-0.15, -0.1) is 0 Å². The van der Waals surface area contributed by atoms with Gasteiger partial charge < -0.3 is 10.1 Å². The number of methoxy groups -OCH3 is 1. The Labute approximate surface area is 208 Å². The summed E-state index contributed by atoms with van der Waals surface area (Å²) in [6.07, 6.45) is 6.89. The van der Waals surface area contributed by atoms with Crippen molar-refractivity contribution in [2.24, 2.45) is 16.8 Å². The number of carbonyl (C=O) groups excluding carboxylic acids is 2. The number of hydrogen-bond donors (Lipinski definition) is 1. The van der Waals surface area contributed by atoms with Gasteiger partial charge in [-0.2, -0.15) is 0 Å². The van der Waals surface area contributed by atoms with Crippen molar-refractivity contribution in [2.45, 2.75) is 70.8 Å². The molecule has 2 aliphatic heterocycles. The summed E-state index contributed by atoms with van der Waals surface area (Å²) in [4.78, 5) is 29.5. The molecule has 4 rings (SSSR count). The van der Waals surface area contributed by atoms with Gasteiger partial charge in [-0.05, 0) is 81.0 Å². The highest BCUT2D eigenvalue weighted by atomic mass is 32.2. The van der Waals surface area contributed by atoms with Crippen LogP contribution >= 0.6 is 0 Å². The Morgan fingerprint density at radius 3 is 2.49 bits per heavy atom. The molecular weight excluding hydrogens is 466 g/mol. The second-order valence-corrected chi connectivity index (χ2v) is 12.3. The molecule has 0 bridgehead atoms. The van der Waals surface area contributed by atoms with Crippen molar-refractivity contribution < 1.29 is 22.7 Å². The van der Waals surface area contributed by atoms with Crippen LogP contribution in [-0.2, 0) is 26.0 Å². The number of esters is 1. The van der Waals surface area contributed by atoms with Crippen LogP contribution in [0, 0.1) is 18.8 Å². The third kappa shape index (κ3) is 5.45. The number of aryl methyl sites for hydroxylation is 2. The third-order valence-electron chi connectivity index (χ3n) is 8.15. The average molecular weight is 504 g/mol. The smallest absolute Gasteiger partial charge is 0.337 e. The minimum absolute atomic E-state index is 0.0141. The summed E-state index contributed by atoms with van der Waals surface area (Å²) >= 11 is 0. The van der Waals surface area contributed by atoms with E-state index in [0.29, 0.717) is 43.8 Å². The maximum absolute atomic E-state index is 13.1. The third-order valence-corrected chi connectivity index (χ3v) is 10.0. The van der Waals surface area contributed by atoms with Gasteiger partial charge >= 0.3 is 5.97 Å². The maximum Gasteiger partial charge on any atom is 0.337 e. The Balaban J connectivity index is 1.35. The zero-order valence-corrected chi connectivity index (χ0v) is 21.8. The first-order valence-corrected chi connectivity index (χ1v) is 14.3. The van der Waals surface area contributed by atoms with Gasteiger partial charge in [-0.3, -0.25) is 9.79 Å². The minimum Gasteiger partial charge on any atom is -0.465 e. The standard InChI is InChI=1S/C26H37N3O5S/c1-4-19-5-7-21(8-6-19)23-27-25(31)26(28-23)12-14-29(15-13-26)35(32,33)16-11-20-9-10-22(17-18(20)2)24(30)34-3/h9-10,17,19,21H,4-8,11-16H2,1-3H3,(H,27,28,31). The maximum atomic E-state index is 13.1.